The highest BCUT2D eigenvalue weighted by Crippen LogP contribution is 2.15. The molecule has 4 heteroatoms. The fourth-order valence-electron chi connectivity index (χ4n) is 1.48. The third kappa shape index (κ3) is 4.00. The molecule has 0 aliphatic heterocycles. The number of benzene rings is 1. The minimum absolute atomic E-state index is 0.0197. The molecule has 4 nitrogen and oxygen atoms in total. The summed E-state index contributed by atoms with van der Waals surface area (Å²) in [5, 5.41) is 5.71. The fourth-order valence-corrected chi connectivity index (χ4v) is 1.48. The molecule has 0 bridgehead atoms. The summed E-state index contributed by atoms with van der Waals surface area (Å²) in [6.45, 7) is 1.15. The molecule has 1 amide bonds. The normalized spacial score (nSPS) is 10.5. The quantitative estimate of drug-likeness (QED) is 0.776. The number of rotatable bonds is 5. The molecular weight excluding hydrogens is 202 g/mol. The lowest BCUT2D eigenvalue weighted by Crippen LogP contribution is -2.26. The van der Waals surface area contributed by atoms with Crippen LogP contribution in [0, 0.1) is 0 Å². The van der Waals surface area contributed by atoms with E-state index in [1.165, 1.54) is 0 Å². The van der Waals surface area contributed by atoms with E-state index >= 15 is 0 Å². The van der Waals surface area contributed by atoms with Gasteiger partial charge >= 0.3 is 0 Å². The van der Waals surface area contributed by atoms with Crippen LogP contribution in [0.25, 0.3) is 0 Å². The molecule has 0 aromatic heterocycles. The zero-order chi connectivity index (χ0) is 12.0. The maximum atomic E-state index is 11.5. The lowest BCUT2D eigenvalue weighted by molar-refractivity contribution is -0.115. The van der Waals surface area contributed by atoms with Gasteiger partial charge in [0.2, 0.25) is 5.91 Å². The van der Waals surface area contributed by atoms with Crippen LogP contribution in [0.15, 0.2) is 24.3 Å². The zero-order valence-electron chi connectivity index (χ0n) is 10.1. The molecule has 0 saturated carbocycles. The Morgan fingerprint density at radius 3 is 2.62 bits per heavy atom. The number of likely N-dealkylation sites (N-methyl/N-ethyl adjacent to an activating group) is 1. The molecule has 0 radical (unpaired) electrons. The highest BCUT2D eigenvalue weighted by Gasteiger charge is 2.05. The Morgan fingerprint density at radius 1 is 1.31 bits per heavy atom. The lowest BCUT2D eigenvalue weighted by atomic mass is 10.1. The van der Waals surface area contributed by atoms with E-state index < -0.39 is 0 Å². The Kier molecular flexibility index (Phi) is 4.95. The smallest absolute Gasteiger partial charge is 0.238 e. The minimum atomic E-state index is -0.0197. The summed E-state index contributed by atoms with van der Waals surface area (Å²) in [4.78, 5) is 13.5. The lowest BCUT2D eigenvalue weighted by Gasteiger charge is -2.14. The van der Waals surface area contributed by atoms with Crippen molar-refractivity contribution in [2.45, 2.75) is 6.54 Å². The summed E-state index contributed by atoms with van der Waals surface area (Å²) in [5.74, 6) is -0.0197. The Bertz CT molecular complexity index is 350. The predicted molar refractivity (Wildman–Crippen MR) is 66.4 cm³/mol. The van der Waals surface area contributed by atoms with Crippen LogP contribution >= 0.6 is 0 Å². The van der Waals surface area contributed by atoms with Crippen molar-refractivity contribution in [2.24, 2.45) is 0 Å². The van der Waals surface area contributed by atoms with E-state index in [0.717, 1.165) is 17.8 Å². The molecule has 0 aliphatic carbocycles. The highest BCUT2D eigenvalue weighted by atomic mass is 16.1. The van der Waals surface area contributed by atoms with Crippen LogP contribution in [0.5, 0.6) is 0 Å². The summed E-state index contributed by atoms with van der Waals surface area (Å²) >= 11 is 0. The van der Waals surface area contributed by atoms with Crippen molar-refractivity contribution < 1.29 is 4.79 Å². The second-order valence-corrected chi connectivity index (χ2v) is 3.97. The van der Waals surface area contributed by atoms with Crippen LogP contribution in [0.1, 0.15) is 5.56 Å². The van der Waals surface area contributed by atoms with E-state index in [-0.39, 0.29) is 5.91 Å². The summed E-state index contributed by atoms with van der Waals surface area (Å²) in [5.41, 5.74) is 2.01. The number of carbonyl (C=O) groups is 1. The first kappa shape index (κ1) is 12.7. The second kappa shape index (κ2) is 6.25. The number of amides is 1. The van der Waals surface area contributed by atoms with Crippen LogP contribution in [0.2, 0.25) is 0 Å². The molecule has 0 saturated heterocycles. The van der Waals surface area contributed by atoms with Gasteiger partial charge in [0.25, 0.3) is 0 Å². The van der Waals surface area contributed by atoms with Gasteiger partial charge < -0.3 is 15.5 Å². The van der Waals surface area contributed by atoms with Gasteiger partial charge in [-0.1, -0.05) is 18.2 Å². The highest BCUT2D eigenvalue weighted by molar-refractivity contribution is 5.92. The summed E-state index contributed by atoms with van der Waals surface area (Å²) < 4.78 is 0. The van der Waals surface area contributed by atoms with Crippen molar-refractivity contribution in [3.8, 4) is 0 Å². The Hall–Kier alpha value is -1.39. The monoisotopic (exact) mass is 221 g/mol. The number of hydrogen-bond donors (Lipinski definition) is 2. The van der Waals surface area contributed by atoms with Crippen LogP contribution < -0.4 is 10.6 Å². The Labute approximate surface area is 96.6 Å². The molecule has 0 atom stereocenters. The van der Waals surface area contributed by atoms with Crippen molar-refractivity contribution in [1.82, 2.24) is 10.2 Å². The largest absolute Gasteiger partial charge is 0.325 e. The average Bonchev–Trinajstić information content (AvgIpc) is 2.20. The molecular formula is C12H19N3O. The van der Waals surface area contributed by atoms with Gasteiger partial charge in [0, 0.05) is 12.2 Å². The van der Waals surface area contributed by atoms with Crippen LogP contribution in [0.3, 0.4) is 0 Å². The standard InChI is InChI=1S/C12H19N3O/c1-13-8-12(16)14-11-7-5-4-6-10(11)9-15(2)3/h4-7,13H,8-9H2,1-3H3,(H,14,16). The third-order valence-electron chi connectivity index (χ3n) is 2.12. The van der Waals surface area contributed by atoms with Crippen LogP contribution in [0.4, 0.5) is 5.69 Å². The Balaban J connectivity index is 2.74. The number of nitrogens with one attached hydrogen (secondary N) is 2. The van der Waals surface area contributed by atoms with Crippen LogP contribution in [-0.4, -0.2) is 38.5 Å². The van der Waals surface area contributed by atoms with Gasteiger partial charge in [0.1, 0.15) is 0 Å². The second-order valence-electron chi connectivity index (χ2n) is 3.97. The Morgan fingerprint density at radius 2 is 2.00 bits per heavy atom. The molecule has 1 aromatic carbocycles. The molecule has 1 aromatic rings. The van der Waals surface area contributed by atoms with Gasteiger partial charge in [-0.05, 0) is 32.8 Å². The first-order valence-electron chi connectivity index (χ1n) is 5.30. The fraction of sp³-hybridized carbons (Fsp3) is 0.417. The van der Waals surface area contributed by atoms with Crippen molar-refractivity contribution >= 4 is 11.6 Å². The number of carbonyl (C=O) groups excluding carboxylic acids is 1. The summed E-state index contributed by atoms with van der Waals surface area (Å²) in [7, 11) is 5.77. The first-order chi connectivity index (χ1) is 7.63. The third-order valence-corrected chi connectivity index (χ3v) is 2.12. The maximum Gasteiger partial charge on any atom is 0.238 e. The number of para-hydroxylation sites is 1. The number of hydrogen-bond acceptors (Lipinski definition) is 3. The van der Waals surface area contributed by atoms with E-state index in [9.17, 15) is 4.79 Å². The molecule has 16 heavy (non-hydrogen) atoms. The van der Waals surface area contributed by atoms with Gasteiger partial charge in [-0.25, -0.2) is 0 Å². The van der Waals surface area contributed by atoms with Crippen molar-refractivity contribution in [3.63, 3.8) is 0 Å². The van der Waals surface area contributed by atoms with E-state index in [1.807, 2.05) is 38.4 Å². The number of nitrogens with zero attached hydrogens (tertiary/aromatic N) is 1. The van der Waals surface area contributed by atoms with Gasteiger partial charge in [-0.15, -0.1) is 0 Å². The summed E-state index contributed by atoms with van der Waals surface area (Å²) in [6.07, 6.45) is 0. The van der Waals surface area contributed by atoms with Gasteiger partial charge in [-0.3, -0.25) is 4.79 Å². The predicted octanol–water partition coefficient (Wildman–Crippen LogP) is 0.906. The zero-order valence-corrected chi connectivity index (χ0v) is 10.1. The molecule has 0 fully saturated rings. The van der Waals surface area contributed by atoms with E-state index in [2.05, 4.69) is 15.5 Å². The minimum Gasteiger partial charge on any atom is -0.325 e. The van der Waals surface area contributed by atoms with E-state index in [1.54, 1.807) is 7.05 Å². The van der Waals surface area contributed by atoms with E-state index in [0.29, 0.717) is 6.54 Å². The number of anilines is 1. The van der Waals surface area contributed by atoms with Crippen molar-refractivity contribution in [2.75, 3.05) is 33.0 Å². The van der Waals surface area contributed by atoms with Gasteiger partial charge in [-0.2, -0.15) is 0 Å². The molecule has 0 spiro atoms. The topological polar surface area (TPSA) is 44.4 Å². The molecule has 2 N–H and O–H groups in total. The molecule has 0 heterocycles. The van der Waals surface area contributed by atoms with Crippen molar-refractivity contribution in [3.05, 3.63) is 29.8 Å². The van der Waals surface area contributed by atoms with Gasteiger partial charge in [0.05, 0.1) is 6.54 Å². The molecule has 0 aliphatic rings. The average molecular weight is 221 g/mol. The van der Waals surface area contributed by atoms with Gasteiger partial charge in [0.15, 0.2) is 0 Å². The van der Waals surface area contributed by atoms with E-state index in [4.69, 9.17) is 0 Å². The SMILES string of the molecule is CNCC(=O)Nc1ccccc1CN(C)C. The van der Waals surface area contributed by atoms with Crippen LogP contribution in [-0.2, 0) is 11.3 Å². The first-order valence-corrected chi connectivity index (χ1v) is 5.30. The van der Waals surface area contributed by atoms with Crippen molar-refractivity contribution in [1.29, 1.82) is 0 Å². The maximum absolute atomic E-state index is 11.5. The molecule has 88 valence electrons. The molecule has 1 rings (SSSR count). The summed E-state index contributed by atoms with van der Waals surface area (Å²) in [6, 6.07) is 7.85. The molecule has 0 unspecified atom stereocenters.